The Bertz CT molecular complexity index is 782. The van der Waals surface area contributed by atoms with Crippen LogP contribution in [0.4, 0.5) is 5.13 Å². The lowest BCUT2D eigenvalue weighted by molar-refractivity contribution is 0.101. The molecule has 3 heterocycles. The minimum absolute atomic E-state index is 0.0738. The molecular formula is C16H16N4O2S. The van der Waals surface area contributed by atoms with Crippen LogP contribution in [0.25, 0.3) is 0 Å². The zero-order valence-electron chi connectivity index (χ0n) is 12.3. The van der Waals surface area contributed by atoms with Crippen LogP contribution in [0.15, 0.2) is 49.1 Å². The van der Waals surface area contributed by atoms with E-state index in [1.54, 1.807) is 24.7 Å². The van der Waals surface area contributed by atoms with Crippen molar-refractivity contribution in [3.63, 3.8) is 0 Å². The molecule has 0 aliphatic carbocycles. The molecule has 0 atom stereocenters. The van der Waals surface area contributed by atoms with Gasteiger partial charge >= 0.3 is 0 Å². The van der Waals surface area contributed by atoms with E-state index in [1.165, 1.54) is 11.3 Å². The lowest BCUT2D eigenvalue weighted by Gasteiger charge is -2.08. The summed E-state index contributed by atoms with van der Waals surface area (Å²) in [6.07, 6.45) is 7.56. The molecule has 118 valence electrons. The number of nitrogens with zero attached hydrogens (tertiary/aromatic N) is 3. The topological polar surface area (TPSA) is 80.0 Å². The molecule has 1 amide bonds. The number of carbonyl (C=O) groups excluding carboxylic acids is 1. The van der Waals surface area contributed by atoms with Crippen LogP contribution in [0.5, 0.6) is 0 Å². The summed E-state index contributed by atoms with van der Waals surface area (Å²) >= 11 is 1.37. The van der Waals surface area contributed by atoms with Gasteiger partial charge in [0.1, 0.15) is 5.69 Å². The molecule has 0 spiro atoms. The van der Waals surface area contributed by atoms with E-state index in [4.69, 9.17) is 5.11 Å². The maximum atomic E-state index is 12.4. The zero-order valence-corrected chi connectivity index (χ0v) is 13.2. The average molecular weight is 328 g/mol. The average Bonchev–Trinajstić information content (AvgIpc) is 3.18. The highest BCUT2D eigenvalue weighted by molar-refractivity contribution is 7.15. The summed E-state index contributed by atoms with van der Waals surface area (Å²) in [5.74, 6) is -0.200. The van der Waals surface area contributed by atoms with Crippen LogP contribution >= 0.6 is 11.3 Å². The van der Waals surface area contributed by atoms with Gasteiger partial charge in [-0.1, -0.05) is 0 Å². The van der Waals surface area contributed by atoms with Crippen molar-refractivity contribution in [3.05, 3.63) is 65.2 Å². The summed E-state index contributed by atoms with van der Waals surface area (Å²) in [5.41, 5.74) is 1.64. The van der Waals surface area contributed by atoms with E-state index in [-0.39, 0.29) is 12.5 Å². The van der Waals surface area contributed by atoms with E-state index in [9.17, 15) is 4.79 Å². The molecule has 6 nitrogen and oxygen atoms in total. The Morgan fingerprint density at radius 1 is 1.30 bits per heavy atom. The summed E-state index contributed by atoms with van der Waals surface area (Å²) in [5, 5.41) is 12.3. The monoisotopic (exact) mass is 328 g/mol. The number of aliphatic hydroxyl groups is 1. The Balaban J connectivity index is 1.71. The Labute approximate surface area is 137 Å². The molecule has 23 heavy (non-hydrogen) atoms. The number of rotatable bonds is 6. The molecule has 0 saturated carbocycles. The minimum Gasteiger partial charge on any atom is -0.396 e. The third-order valence-corrected chi connectivity index (χ3v) is 4.27. The normalized spacial score (nSPS) is 10.7. The number of anilines is 1. The number of hydrogen-bond acceptors (Lipinski definition) is 5. The van der Waals surface area contributed by atoms with E-state index in [2.05, 4.69) is 15.3 Å². The number of amides is 1. The maximum Gasteiger partial charge on any atom is 0.274 e. The molecule has 0 bridgehead atoms. The van der Waals surface area contributed by atoms with Gasteiger partial charge in [0.15, 0.2) is 5.13 Å². The second-order valence-electron chi connectivity index (χ2n) is 4.94. The Hall–Kier alpha value is -2.51. The second kappa shape index (κ2) is 7.17. The summed E-state index contributed by atoms with van der Waals surface area (Å²) in [4.78, 5) is 21.5. The lowest BCUT2D eigenvalue weighted by atomic mass is 10.2. The SMILES string of the molecule is O=C(Nc1ncc(CCO)s1)c1cccn1Cc1ccncc1. The van der Waals surface area contributed by atoms with Crippen molar-refractivity contribution in [2.75, 3.05) is 11.9 Å². The minimum atomic E-state index is -0.200. The number of aromatic nitrogens is 3. The van der Waals surface area contributed by atoms with Gasteiger partial charge in [-0.25, -0.2) is 4.98 Å². The van der Waals surface area contributed by atoms with E-state index in [0.717, 1.165) is 10.4 Å². The molecule has 0 radical (unpaired) electrons. The third kappa shape index (κ3) is 3.82. The highest BCUT2D eigenvalue weighted by Gasteiger charge is 2.13. The molecule has 0 unspecified atom stereocenters. The Morgan fingerprint density at radius 3 is 2.91 bits per heavy atom. The maximum absolute atomic E-state index is 12.4. The Kier molecular flexibility index (Phi) is 4.80. The van der Waals surface area contributed by atoms with Gasteiger partial charge in [0.2, 0.25) is 0 Å². The summed E-state index contributed by atoms with van der Waals surface area (Å²) in [6, 6.07) is 7.46. The third-order valence-electron chi connectivity index (χ3n) is 3.30. The van der Waals surface area contributed by atoms with Gasteiger partial charge < -0.3 is 9.67 Å². The first-order valence-electron chi connectivity index (χ1n) is 7.17. The molecule has 7 heteroatoms. The molecule has 0 aromatic carbocycles. The second-order valence-corrected chi connectivity index (χ2v) is 6.05. The molecule has 3 aromatic heterocycles. The summed E-state index contributed by atoms with van der Waals surface area (Å²) in [7, 11) is 0. The molecule has 3 aromatic rings. The van der Waals surface area contributed by atoms with Crippen molar-refractivity contribution >= 4 is 22.4 Å². The van der Waals surface area contributed by atoms with Gasteiger partial charge in [-0.15, -0.1) is 11.3 Å². The van der Waals surface area contributed by atoms with E-state index >= 15 is 0 Å². The van der Waals surface area contributed by atoms with Crippen LogP contribution in [0.3, 0.4) is 0 Å². The predicted octanol–water partition coefficient (Wildman–Crippen LogP) is 2.17. The van der Waals surface area contributed by atoms with Gasteiger partial charge in [0.05, 0.1) is 0 Å². The van der Waals surface area contributed by atoms with Crippen molar-refractivity contribution in [2.45, 2.75) is 13.0 Å². The highest BCUT2D eigenvalue weighted by atomic mass is 32.1. The van der Waals surface area contributed by atoms with Crippen LogP contribution < -0.4 is 5.32 Å². The first kappa shape index (κ1) is 15.4. The van der Waals surface area contributed by atoms with Crippen LogP contribution in [0.1, 0.15) is 20.9 Å². The number of carbonyl (C=O) groups is 1. The van der Waals surface area contributed by atoms with Crippen molar-refractivity contribution in [3.8, 4) is 0 Å². The smallest absolute Gasteiger partial charge is 0.274 e. The fraction of sp³-hybridized carbons (Fsp3) is 0.188. The van der Waals surface area contributed by atoms with Gasteiger partial charge in [0, 0.05) is 49.2 Å². The standard InChI is InChI=1S/C16H16N4O2S/c21-9-5-13-10-18-16(23-13)19-15(22)14-2-1-8-20(14)11-12-3-6-17-7-4-12/h1-4,6-8,10,21H,5,9,11H2,(H,18,19,22). The van der Waals surface area contributed by atoms with Gasteiger partial charge in [-0.3, -0.25) is 15.1 Å². The van der Waals surface area contributed by atoms with Gasteiger partial charge in [-0.2, -0.15) is 0 Å². The Morgan fingerprint density at radius 2 is 2.13 bits per heavy atom. The largest absolute Gasteiger partial charge is 0.396 e. The van der Waals surface area contributed by atoms with Gasteiger partial charge in [-0.05, 0) is 29.8 Å². The number of aliphatic hydroxyl groups excluding tert-OH is 1. The molecule has 0 fully saturated rings. The van der Waals surface area contributed by atoms with Crippen LogP contribution in [0.2, 0.25) is 0 Å². The molecular weight excluding hydrogens is 312 g/mol. The van der Waals surface area contributed by atoms with Crippen LogP contribution in [-0.2, 0) is 13.0 Å². The number of thiazole rings is 1. The van der Waals surface area contributed by atoms with Crippen molar-refractivity contribution < 1.29 is 9.90 Å². The predicted molar refractivity (Wildman–Crippen MR) is 88.6 cm³/mol. The summed E-state index contributed by atoms with van der Waals surface area (Å²) in [6.45, 7) is 0.677. The lowest BCUT2D eigenvalue weighted by Crippen LogP contribution is -2.17. The first-order chi connectivity index (χ1) is 11.3. The molecule has 0 saturated heterocycles. The van der Waals surface area contributed by atoms with Crippen molar-refractivity contribution in [1.29, 1.82) is 0 Å². The quantitative estimate of drug-likeness (QED) is 0.727. The molecule has 0 aliphatic heterocycles. The van der Waals surface area contributed by atoms with Crippen LogP contribution in [0, 0.1) is 0 Å². The van der Waals surface area contributed by atoms with Gasteiger partial charge in [0.25, 0.3) is 5.91 Å². The fourth-order valence-electron chi connectivity index (χ4n) is 2.20. The zero-order chi connectivity index (χ0) is 16.1. The summed E-state index contributed by atoms with van der Waals surface area (Å²) < 4.78 is 1.88. The van der Waals surface area contributed by atoms with E-state index in [0.29, 0.717) is 23.8 Å². The van der Waals surface area contributed by atoms with Crippen LogP contribution in [-0.4, -0.2) is 32.2 Å². The fourth-order valence-corrected chi connectivity index (χ4v) is 2.99. The first-order valence-corrected chi connectivity index (χ1v) is 7.99. The molecule has 0 aliphatic rings. The van der Waals surface area contributed by atoms with E-state index < -0.39 is 0 Å². The number of pyridine rings is 1. The number of nitrogens with one attached hydrogen (secondary N) is 1. The van der Waals surface area contributed by atoms with E-state index in [1.807, 2.05) is 29.0 Å². The molecule has 2 N–H and O–H groups in total. The molecule has 3 rings (SSSR count). The highest BCUT2D eigenvalue weighted by Crippen LogP contribution is 2.19. The number of hydrogen-bond donors (Lipinski definition) is 2. The van der Waals surface area contributed by atoms with Crippen molar-refractivity contribution in [1.82, 2.24) is 14.5 Å². The van der Waals surface area contributed by atoms with Crippen molar-refractivity contribution in [2.24, 2.45) is 0 Å².